The molecule has 1 unspecified atom stereocenters. The molecule has 18 heavy (non-hydrogen) atoms. The molecule has 1 saturated heterocycles. The normalized spacial score (nSPS) is 24.9. The Morgan fingerprint density at radius 1 is 1.44 bits per heavy atom. The van der Waals surface area contributed by atoms with Gasteiger partial charge in [0, 0.05) is 20.2 Å². The molecule has 0 spiro atoms. The van der Waals surface area contributed by atoms with Crippen molar-refractivity contribution >= 4 is 10.2 Å². The Balaban J connectivity index is 2.42. The summed E-state index contributed by atoms with van der Waals surface area (Å²) < 4.78 is 33.5. The Morgan fingerprint density at radius 2 is 2.17 bits per heavy atom. The molecule has 0 aromatic heterocycles. The summed E-state index contributed by atoms with van der Waals surface area (Å²) in [5.41, 5.74) is -0.464. The van der Waals surface area contributed by atoms with Crippen molar-refractivity contribution in [1.82, 2.24) is 14.3 Å². The van der Waals surface area contributed by atoms with E-state index in [-0.39, 0.29) is 0 Å². The maximum Gasteiger partial charge on any atom is 0.279 e. The molecule has 6 nitrogen and oxygen atoms in total. The Kier molecular flexibility index (Phi) is 6.00. The molecule has 0 bridgehead atoms. The first kappa shape index (κ1) is 15.8. The second-order valence-corrected chi connectivity index (χ2v) is 6.78. The minimum Gasteiger partial charge on any atom is -0.379 e. The van der Waals surface area contributed by atoms with Gasteiger partial charge in [0.15, 0.2) is 0 Å². The number of hydrogen-bond acceptors (Lipinski definition) is 4. The molecule has 0 aromatic carbocycles. The second-order valence-electron chi connectivity index (χ2n) is 5.00. The van der Waals surface area contributed by atoms with Crippen molar-refractivity contribution in [2.24, 2.45) is 0 Å². The summed E-state index contributed by atoms with van der Waals surface area (Å²) >= 11 is 0. The highest BCUT2D eigenvalue weighted by Gasteiger charge is 2.35. The molecule has 0 saturated carbocycles. The van der Waals surface area contributed by atoms with Gasteiger partial charge < -0.3 is 10.1 Å². The molecular formula is C11H25N3O3S. The fraction of sp³-hybridized carbons (Fsp3) is 1.00. The third-order valence-corrected chi connectivity index (χ3v) is 4.84. The quantitative estimate of drug-likeness (QED) is 0.610. The SMILES string of the molecule is CCNCCCN(C)S(=O)(=O)NC1(C)CCOC1. The smallest absolute Gasteiger partial charge is 0.279 e. The van der Waals surface area contributed by atoms with Crippen LogP contribution in [0.5, 0.6) is 0 Å². The van der Waals surface area contributed by atoms with Crippen LogP contribution < -0.4 is 10.0 Å². The van der Waals surface area contributed by atoms with Crippen molar-refractivity contribution in [2.75, 3.05) is 39.9 Å². The van der Waals surface area contributed by atoms with Gasteiger partial charge in [0.05, 0.1) is 12.1 Å². The van der Waals surface area contributed by atoms with Crippen LogP contribution in [-0.4, -0.2) is 58.2 Å². The standard InChI is InChI=1S/C11H25N3O3S/c1-4-12-7-5-8-14(3)18(15,16)13-11(2)6-9-17-10-11/h12-13H,4-10H2,1-3H3. The topological polar surface area (TPSA) is 70.7 Å². The van der Waals surface area contributed by atoms with Crippen LogP contribution in [0.1, 0.15) is 26.7 Å². The summed E-state index contributed by atoms with van der Waals surface area (Å²) in [4.78, 5) is 0. The fourth-order valence-electron chi connectivity index (χ4n) is 1.86. The number of nitrogens with one attached hydrogen (secondary N) is 2. The van der Waals surface area contributed by atoms with Gasteiger partial charge >= 0.3 is 0 Å². The summed E-state index contributed by atoms with van der Waals surface area (Å²) in [6, 6.07) is 0. The van der Waals surface area contributed by atoms with Crippen LogP contribution in [0.15, 0.2) is 0 Å². The Bertz CT molecular complexity index is 339. The molecule has 1 aliphatic rings. The van der Waals surface area contributed by atoms with Crippen molar-refractivity contribution in [1.29, 1.82) is 0 Å². The van der Waals surface area contributed by atoms with Crippen molar-refractivity contribution < 1.29 is 13.2 Å². The first-order valence-corrected chi connectivity index (χ1v) is 7.87. The molecule has 0 radical (unpaired) electrons. The third-order valence-electron chi connectivity index (χ3n) is 3.08. The van der Waals surface area contributed by atoms with E-state index in [2.05, 4.69) is 10.0 Å². The van der Waals surface area contributed by atoms with E-state index in [1.165, 1.54) is 4.31 Å². The van der Waals surface area contributed by atoms with Crippen LogP contribution in [-0.2, 0) is 14.9 Å². The lowest BCUT2D eigenvalue weighted by molar-refractivity contribution is 0.177. The largest absolute Gasteiger partial charge is 0.379 e. The zero-order chi connectivity index (χ0) is 13.6. The molecule has 2 N–H and O–H groups in total. The van der Waals surface area contributed by atoms with Gasteiger partial charge in [-0.3, -0.25) is 0 Å². The molecule has 108 valence electrons. The van der Waals surface area contributed by atoms with E-state index < -0.39 is 15.7 Å². The van der Waals surface area contributed by atoms with Gasteiger partial charge in [-0.05, 0) is 32.9 Å². The Labute approximate surface area is 110 Å². The van der Waals surface area contributed by atoms with Crippen LogP contribution in [0.25, 0.3) is 0 Å². The second kappa shape index (κ2) is 6.81. The highest BCUT2D eigenvalue weighted by atomic mass is 32.2. The molecule has 7 heteroatoms. The molecule has 1 heterocycles. The van der Waals surface area contributed by atoms with Crippen molar-refractivity contribution in [3.63, 3.8) is 0 Å². The summed E-state index contributed by atoms with van der Waals surface area (Å²) in [5.74, 6) is 0. The maximum absolute atomic E-state index is 12.1. The third kappa shape index (κ3) is 4.81. The highest BCUT2D eigenvalue weighted by molar-refractivity contribution is 7.87. The van der Waals surface area contributed by atoms with Gasteiger partial charge in [-0.15, -0.1) is 0 Å². The summed E-state index contributed by atoms with van der Waals surface area (Å²) in [5, 5.41) is 3.17. The Morgan fingerprint density at radius 3 is 2.72 bits per heavy atom. The van der Waals surface area contributed by atoms with E-state index in [4.69, 9.17) is 4.74 Å². The lowest BCUT2D eigenvalue weighted by Gasteiger charge is -2.27. The number of hydrogen-bond donors (Lipinski definition) is 2. The molecule has 1 atom stereocenters. The predicted molar refractivity (Wildman–Crippen MR) is 71.7 cm³/mol. The molecule has 0 aliphatic carbocycles. The van der Waals surface area contributed by atoms with E-state index in [1.54, 1.807) is 7.05 Å². The molecule has 1 aliphatic heterocycles. The molecule has 0 amide bonds. The lowest BCUT2D eigenvalue weighted by atomic mass is 10.0. The minimum atomic E-state index is -3.41. The number of nitrogens with zero attached hydrogens (tertiary/aromatic N) is 1. The first-order chi connectivity index (χ1) is 8.40. The highest BCUT2D eigenvalue weighted by Crippen LogP contribution is 2.19. The Hall–Kier alpha value is -0.210. The lowest BCUT2D eigenvalue weighted by Crippen LogP contribution is -2.51. The number of rotatable bonds is 8. The van der Waals surface area contributed by atoms with Crippen LogP contribution >= 0.6 is 0 Å². The van der Waals surface area contributed by atoms with Gasteiger partial charge in [0.1, 0.15) is 0 Å². The van der Waals surface area contributed by atoms with Gasteiger partial charge in [-0.1, -0.05) is 6.92 Å². The zero-order valence-corrected chi connectivity index (χ0v) is 12.3. The molecule has 0 aromatic rings. The summed E-state index contributed by atoms with van der Waals surface area (Å²) in [6.07, 6.45) is 1.52. The van der Waals surface area contributed by atoms with Gasteiger partial charge in [0.25, 0.3) is 10.2 Å². The summed E-state index contributed by atoms with van der Waals surface area (Å²) in [6.45, 7) is 7.22. The van der Waals surface area contributed by atoms with Crippen molar-refractivity contribution in [2.45, 2.75) is 32.2 Å². The van der Waals surface area contributed by atoms with E-state index in [0.717, 1.165) is 25.9 Å². The number of ether oxygens (including phenoxy) is 1. The fourth-order valence-corrected chi connectivity index (χ4v) is 3.17. The first-order valence-electron chi connectivity index (χ1n) is 6.43. The summed E-state index contributed by atoms with van der Waals surface area (Å²) in [7, 11) is -1.81. The van der Waals surface area contributed by atoms with Gasteiger partial charge in [0.2, 0.25) is 0 Å². The van der Waals surface area contributed by atoms with E-state index in [1.807, 2.05) is 13.8 Å². The van der Waals surface area contributed by atoms with Crippen molar-refractivity contribution in [3.8, 4) is 0 Å². The van der Waals surface area contributed by atoms with Gasteiger partial charge in [-0.25, -0.2) is 0 Å². The van der Waals surface area contributed by atoms with Crippen LogP contribution in [0.3, 0.4) is 0 Å². The van der Waals surface area contributed by atoms with Gasteiger partial charge in [-0.2, -0.15) is 17.4 Å². The zero-order valence-electron chi connectivity index (χ0n) is 11.5. The average molecular weight is 279 g/mol. The molecule has 1 fully saturated rings. The minimum absolute atomic E-state index is 0.442. The van der Waals surface area contributed by atoms with Crippen molar-refractivity contribution in [3.05, 3.63) is 0 Å². The van der Waals surface area contributed by atoms with E-state index >= 15 is 0 Å². The average Bonchev–Trinajstić information content (AvgIpc) is 2.69. The molecular weight excluding hydrogens is 254 g/mol. The maximum atomic E-state index is 12.1. The van der Waals surface area contributed by atoms with Crippen LogP contribution in [0.2, 0.25) is 0 Å². The monoisotopic (exact) mass is 279 g/mol. The van der Waals surface area contributed by atoms with E-state index in [9.17, 15) is 8.42 Å². The van der Waals surface area contributed by atoms with E-state index in [0.29, 0.717) is 19.8 Å². The predicted octanol–water partition coefficient (Wildman–Crippen LogP) is -0.0688. The van der Waals surface area contributed by atoms with Crippen LogP contribution in [0, 0.1) is 0 Å². The molecule has 1 rings (SSSR count). The van der Waals surface area contributed by atoms with Crippen LogP contribution in [0.4, 0.5) is 0 Å².